The van der Waals surface area contributed by atoms with E-state index in [2.05, 4.69) is 43.3 Å². The normalized spacial score (nSPS) is 16.9. The maximum atomic E-state index is 13.0. The number of nitrogen functional groups attached to an aromatic ring is 1. The molecule has 2 N–H and O–H groups in total. The van der Waals surface area contributed by atoms with Gasteiger partial charge in [-0.2, -0.15) is 0 Å². The molecule has 0 saturated carbocycles. The molecule has 0 amide bonds. The number of nitro groups is 1. The van der Waals surface area contributed by atoms with Crippen molar-refractivity contribution in [1.29, 1.82) is 0 Å². The van der Waals surface area contributed by atoms with Crippen LogP contribution in [-0.2, 0) is 4.74 Å². The van der Waals surface area contributed by atoms with Crippen LogP contribution in [0, 0.1) is 16.0 Å². The van der Waals surface area contributed by atoms with Crippen LogP contribution in [0.5, 0.6) is 17.2 Å². The summed E-state index contributed by atoms with van der Waals surface area (Å²) >= 11 is 0. The van der Waals surface area contributed by atoms with Crippen LogP contribution in [0.1, 0.15) is 113 Å². The lowest BCUT2D eigenvalue weighted by molar-refractivity contribution is -0.386. The summed E-state index contributed by atoms with van der Waals surface area (Å²) in [4.78, 5) is 24.5. The van der Waals surface area contributed by atoms with Crippen LogP contribution in [0.3, 0.4) is 0 Å². The summed E-state index contributed by atoms with van der Waals surface area (Å²) in [5.41, 5.74) is 9.20. The fourth-order valence-corrected chi connectivity index (χ4v) is 7.15. The summed E-state index contributed by atoms with van der Waals surface area (Å²) < 4.78 is 24.1. The molecule has 298 valence electrons. The third-order valence-electron chi connectivity index (χ3n) is 10.3. The van der Waals surface area contributed by atoms with E-state index in [0.717, 1.165) is 64.4 Å². The summed E-state index contributed by atoms with van der Waals surface area (Å²) in [6.07, 6.45) is 18.7. The monoisotopic (exact) mass is 762 g/mol. The van der Waals surface area contributed by atoms with Crippen molar-refractivity contribution < 1.29 is 28.7 Å². The first-order valence-corrected chi connectivity index (χ1v) is 20.5. The number of hydrogen-bond donors (Lipinski definition) is 1. The lowest BCUT2D eigenvalue weighted by Crippen LogP contribution is -2.24. The molecule has 2 unspecified atom stereocenters. The van der Waals surface area contributed by atoms with Crippen molar-refractivity contribution in [1.82, 2.24) is 0 Å². The second kappa shape index (κ2) is 22.4. The Labute approximate surface area is 332 Å². The zero-order chi connectivity index (χ0) is 39.5. The van der Waals surface area contributed by atoms with Crippen molar-refractivity contribution in [2.75, 3.05) is 18.9 Å². The van der Waals surface area contributed by atoms with Gasteiger partial charge >= 0.3 is 11.7 Å². The van der Waals surface area contributed by atoms with E-state index in [-0.39, 0.29) is 23.6 Å². The minimum atomic E-state index is -0.523. The first kappa shape index (κ1) is 42.0. The number of anilines is 1. The molecule has 0 radical (unpaired) electrons. The molecule has 0 bridgehead atoms. The topological polar surface area (TPSA) is 123 Å². The van der Waals surface area contributed by atoms with Crippen molar-refractivity contribution in [2.24, 2.45) is 5.92 Å². The van der Waals surface area contributed by atoms with E-state index in [1.54, 1.807) is 48.5 Å². The average molecular weight is 763 g/mol. The maximum absolute atomic E-state index is 13.0. The molecule has 0 aliphatic carbocycles. The Hall–Kier alpha value is -5.15. The van der Waals surface area contributed by atoms with Gasteiger partial charge in [0.15, 0.2) is 5.75 Å². The highest BCUT2D eigenvalue weighted by Crippen LogP contribution is 2.38. The predicted octanol–water partition coefficient (Wildman–Crippen LogP) is 12.0. The van der Waals surface area contributed by atoms with Gasteiger partial charge in [0.05, 0.1) is 29.3 Å². The van der Waals surface area contributed by atoms with Crippen LogP contribution in [0.25, 0.3) is 17.2 Å². The van der Waals surface area contributed by atoms with Crippen LogP contribution in [0.2, 0.25) is 0 Å². The average Bonchev–Trinajstić information content (AvgIpc) is 3.20. The second-order valence-corrected chi connectivity index (χ2v) is 14.8. The molecular formula is C47H58N2O7. The number of nitrogens with two attached hydrogens (primary N) is 1. The number of ether oxygens (including phenoxy) is 4. The first-order valence-electron chi connectivity index (χ1n) is 20.5. The zero-order valence-electron chi connectivity index (χ0n) is 33.0. The van der Waals surface area contributed by atoms with Crippen LogP contribution >= 0.6 is 0 Å². The third-order valence-corrected chi connectivity index (χ3v) is 10.3. The number of nitro benzene ring substituents is 1. The molecule has 9 nitrogen and oxygen atoms in total. The SMILES string of the molecule is CCCCCC[C@@H](C)Oc1cc(N)c(-c2ccc(C(=O)Oc3ccc(OCCCC4CCCCCCCOC4C=Cc4ccccc4)cc3)cc2)cc1[N+](=O)[O-]. The third kappa shape index (κ3) is 13.3. The molecule has 1 heterocycles. The smallest absolute Gasteiger partial charge is 0.343 e. The number of esters is 1. The molecule has 0 spiro atoms. The molecule has 1 saturated heterocycles. The quantitative estimate of drug-likeness (QED) is 0.0265. The van der Waals surface area contributed by atoms with Gasteiger partial charge in [0.2, 0.25) is 0 Å². The number of carbonyl (C=O) groups is 1. The van der Waals surface area contributed by atoms with Crippen molar-refractivity contribution in [3.8, 4) is 28.4 Å². The van der Waals surface area contributed by atoms with Gasteiger partial charge in [-0.3, -0.25) is 10.1 Å². The van der Waals surface area contributed by atoms with Gasteiger partial charge in [0.25, 0.3) is 0 Å². The molecule has 5 rings (SSSR count). The molecule has 1 aliphatic heterocycles. The van der Waals surface area contributed by atoms with E-state index in [1.165, 1.54) is 43.4 Å². The minimum Gasteiger partial charge on any atom is -0.494 e. The van der Waals surface area contributed by atoms with Gasteiger partial charge in [-0.15, -0.1) is 0 Å². The van der Waals surface area contributed by atoms with Gasteiger partial charge < -0.3 is 24.7 Å². The Balaban J connectivity index is 1.12. The van der Waals surface area contributed by atoms with Crippen LogP contribution < -0.4 is 19.9 Å². The van der Waals surface area contributed by atoms with Crippen molar-refractivity contribution in [2.45, 2.75) is 110 Å². The Morgan fingerprint density at radius 3 is 2.39 bits per heavy atom. The lowest BCUT2D eigenvalue weighted by Gasteiger charge is -2.26. The molecule has 0 aromatic heterocycles. The summed E-state index contributed by atoms with van der Waals surface area (Å²) in [7, 11) is 0. The highest BCUT2D eigenvalue weighted by atomic mass is 16.6. The van der Waals surface area contributed by atoms with Crippen LogP contribution in [-0.4, -0.2) is 36.3 Å². The van der Waals surface area contributed by atoms with Gasteiger partial charge in [-0.1, -0.05) is 106 Å². The fraction of sp³-hybridized carbons (Fsp3) is 0.426. The van der Waals surface area contributed by atoms with E-state index in [1.807, 2.05) is 13.0 Å². The molecular weight excluding hydrogens is 705 g/mol. The number of hydrogen-bond acceptors (Lipinski definition) is 8. The summed E-state index contributed by atoms with van der Waals surface area (Å²) in [5, 5.41) is 12.0. The van der Waals surface area contributed by atoms with Crippen LogP contribution in [0.15, 0.2) is 97.1 Å². The predicted molar refractivity (Wildman–Crippen MR) is 224 cm³/mol. The van der Waals surface area contributed by atoms with Gasteiger partial charge in [-0.25, -0.2) is 4.79 Å². The van der Waals surface area contributed by atoms with E-state index >= 15 is 0 Å². The second-order valence-electron chi connectivity index (χ2n) is 14.8. The van der Waals surface area contributed by atoms with E-state index < -0.39 is 10.9 Å². The number of carbonyl (C=O) groups excluding carboxylic acids is 1. The Kier molecular flexibility index (Phi) is 16.8. The largest absolute Gasteiger partial charge is 0.494 e. The number of nitrogens with zero attached hydrogens (tertiary/aromatic N) is 1. The molecule has 3 atom stereocenters. The van der Waals surface area contributed by atoms with E-state index in [0.29, 0.717) is 46.4 Å². The van der Waals surface area contributed by atoms with Gasteiger partial charge in [0.1, 0.15) is 11.5 Å². The number of rotatable bonds is 18. The lowest BCUT2D eigenvalue weighted by atomic mass is 9.89. The standard InChI is InChI=1S/C47H58N2O7/c1-3-4-5-10-16-35(2)55-46-34-43(48)42(33-44(46)49(51)52)37-22-24-39(25-23-37)47(50)56-41-28-26-40(27-29-41)53-32-15-20-38-19-13-7-6-8-14-31-54-45(38)30-21-36-17-11-9-12-18-36/h9,11-12,17-18,21-30,33-35,38,45H,3-8,10,13-16,19-20,31-32,48H2,1-2H3/t35-,38?,45?/m1/s1. The number of benzene rings is 4. The summed E-state index contributed by atoms with van der Waals surface area (Å²) in [5.74, 6) is 1.17. The Bertz CT molecular complexity index is 1830. The van der Waals surface area contributed by atoms with Crippen LogP contribution in [0.4, 0.5) is 11.4 Å². The number of unbranched alkanes of at least 4 members (excludes halogenated alkanes) is 3. The van der Waals surface area contributed by atoms with E-state index in [4.69, 9.17) is 24.7 Å². The van der Waals surface area contributed by atoms with Gasteiger partial charge in [-0.05, 0) is 98.9 Å². The van der Waals surface area contributed by atoms with Crippen molar-refractivity contribution in [3.63, 3.8) is 0 Å². The molecule has 4 aromatic rings. The molecule has 9 heteroatoms. The highest BCUT2D eigenvalue weighted by molar-refractivity contribution is 5.92. The zero-order valence-corrected chi connectivity index (χ0v) is 33.0. The Morgan fingerprint density at radius 2 is 1.64 bits per heavy atom. The Morgan fingerprint density at radius 1 is 0.911 bits per heavy atom. The molecule has 1 fully saturated rings. The maximum Gasteiger partial charge on any atom is 0.343 e. The molecule has 56 heavy (non-hydrogen) atoms. The fourth-order valence-electron chi connectivity index (χ4n) is 7.15. The molecule has 1 aliphatic rings. The summed E-state index contributed by atoms with van der Waals surface area (Å²) in [6, 6.07) is 27.0. The highest BCUT2D eigenvalue weighted by Gasteiger charge is 2.23. The first-order chi connectivity index (χ1) is 27.3. The van der Waals surface area contributed by atoms with Crippen molar-refractivity contribution in [3.05, 3.63) is 118 Å². The van der Waals surface area contributed by atoms with E-state index in [9.17, 15) is 14.9 Å². The molecule has 4 aromatic carbocycles. The minimum absolute atomic E-state index is 0.0863. The summed E-state index contributed by atoms with van der Waals surface area (Å²) in [6.45, 7) is 5.45. The van der Waals surface area contributed by atoms with Gasteiger partial charge in [0, 0.05) is 30.0 Å². The van der Waals surface area contributed by atoms with Crippen molar-refractivity contribution >= 4 is 23.4 Å².